The van der Waals surface area contributed by atoms with Gasteiger partial charge in [0.05, 0.1) is 5.56 Å². The average Bonchev–Trinajstić information content (AvgIpc) is 2.23. The Kier molecular flexibility index (Phi) is 4.06. The molecule has 1 aromatic carbocycles. The Bertz CT molecular complexity index is 431. The van der Waals surface area contributed by atoms with Crippen LogP contribution in [-0.2, 0) is 12.8 Å². The van der Waals surface area contributed by atoms with E-state index in [0.717, 1.165) is 23.1 Å². The van der Waals surface area contributed by atoms with Crippen LogP contribution in [0.4, 0.5) is 0 Å². The fraction of sp³-hybridized carbons (Fsp3) is 0.214. The fourth-order valence-electron chi connectivity index (χ4n) is 1.82. The van der Waals surface area contributed by atoms with E-state index in [0.29, 0.717) is 12.0 Å². The molecule has 0 saturated heterocycles. The Balaban J connectivity index is 3.33. The van der Waals surface area contributed by atoms with Crippen LogP contribution >= 0.6 is 0 Å². The highest BCUT2D eigenvalue weighted by Crippen LogP contribution is 2.20. The summed E-state index contributed by atoms with van der Waals surface area (Å²) < 4.78 is 0. The minimum atomic E-state index is -0.882. The first kappa shape index (κ1) is 12.2. The van der Waals surface area contributed by atoms with Gasteiger partial charge in [-0.25, -0.2) is 4.79 Å². The van der Waals surface area contributed by atoms with Crippen LogP contribution in [0.2, 0.25) is 0 Å². The molecule has 0 aliphatic rings. The molecule has 0 bridgehead atoms. The van der Waals surface area contributed by atoms with Crippen LogP contribution in [0.1, 0.15) is 27.0 Å². The van der Waals surface area contributed by atoms with Crippen molar-refractivity contribution in [3.8, 4) is 0 Å². The van der Waals surface area contributed by atoms with E-state index in [2.05, 4.69) is 13.2 Å². The van der Waals surface area contributed by atoms with Crippen molar-refractivity contribution in [3.63, 3.8) is 0 Å². The van der Waals surface area contributed by atoms with E-state index < -0.39 is 5.97 Å². The predicted molar refractivity (Wildman–Crippen MR) is 65.9 cm³/mol. The van der Waals surface area contributed by atoms with Crippen molar-refractivity contribution in [2.45, 2.75) is 19.8 Å². The van der Waals surface area contributed by atoms with E-state index in [9.17, 15) is 4.79 Å². The first-order valence-corrected chi connectivity index (χ1v) is 5.18. The van der Waals surface area contributed by atoms with Gasteiger partial charge in [-0.15, -0.1) is 13.2 Å². The standard InChI is InChI=1S/C14H16O2/c1-4-6-11-8-9-13(14(15)16)10(3)12(11)7-5-2/h4-5,8-9H,1-2,6-7H2,3H3,(H,15,16). The van der Waals surface area contributed by atoms with Gasteiger partial charge >= 0.3 is 5.97 Å². The molecule has 0 spiro atoms. The SMILES string of the molecule is C=CCc1ccc(C(=O)O)c(C)c1CC=C. The second-order valence-electron chi connectivity index (χ2n) is 3.67. The summed E-state index contributed by atoms with van der Waals surface area (Å²) in [7, 11) is 0. The number of carboxylic acids is 1. The number of aromatic carboxylic acids is 1. The Morgan fingerprint density at radius 2 is 1.94 bits per heavy atom. The van der Waals surface area contributed by atoms with Crippen LogP contribution in [-0.4, -0.2) is 11.1 Å². The maximum atomic E-state index is 11.0. The van der Waals surface area contributed by atoms with Gasteiger partial charge in [-0.05, 0) is 42.5 Å². The molecule has 1 aromatic rings. The number of rotatable bonds is 5. The van der Waals surface area contributed by atoms with Crippen LogP contribution in [0.15, 0.2) is 37.4 Å². The maximum absolute atomic E-state index is 11.0. The summed E-state index contributed by atoms with van der Waals surface area (Å²) in [4.78, 5) is 11.0. The van der Waals surface area contributed by atoms with Crippen molar-refractivity contribution < 1.29 is 9.90 Å². The van der Waals surface area contributed by atoms with E-state index >= 15 is 0 Å². The highest BCUT2D eigenvalue weighted by atomic mass is 16.4. The lowest BCUT2D eigenvalue weighted by Gasteiger charge is -2.12. The van der Waals surface area contributed by atoms with Gasteiger partial charge in [0, 0.05) is 0 Å². The van der Waals surface area contributed by atoms with E-state index in [1.165, 1.54) is 0 Å². The normalized spacial score (nSPS) is 9.81. The molecule has 0 atom stereocenters. The second kappa shape index (κ2) is 5.31. The molecule has 1 rings (SSSR count). The van der Waals surface area contributed by atoms with Crippen LogP contribution in [0.25, 0.3) is 0 Å². The molecule has 0 saturated carbocycles. The number of allylic oxidation sites excluding steroid dienone is 2. The van der Waals surface area contributed by atoms with E-state index in [1.54, 1.807) is 12.1 Å². The molecule has 0 aromatic heterocycles. The summed E-state index contributed by atoms with van der Waals surface area (Å²) in [6.45, 7) is 9.24. The van der Waals surface area contributed by atoms with Gasteiger partial charge in [0.25, 0.3) is 0 Å². The quantitative estimate of drug-likeness (QED) is 0.768. The van der Waals surface area contributed by atoms with Crippen LogP contribution in [0.5, 0.6) is 0 Å². The van der Waals surface area contributed by atoms with Gasteiger partial charge in [-0.1, -0.05) is 18.2 Å². The Labute approximate surface area is 95.9 Å². The highest BCUT2D eigenvalue weighted by Gasteiger charge is 2.12. The third-order valence-corrected chi connectivity index (χ3v) is 2.64. The molecule has 0 radical (unpaired) electrons. The topological polar surface area (TPSA) is 37.3 Å². The highest BCUT2D eigenvalue weighted by molar-refractivity contribution is 5.89. The Hall–Kier alpha value is -1.83. The number of carbonyl (C=O) groups is 1. The summed E-state index contributed by atoms with van der Waals surface area (Å²) in [6, 6.07) is 3.51. The third-order valence-electron chi connectivity index (χ3n) is 2.64. The fourth-order valence-corrected chi connectivity index (χ4v) is 1.82. The minimum absolute atomic E-state index is 0.365. The van der Waals surface area contributed by atoms with Crippen LogP contribution in [0, 0.1) is 6.92 Å². The van der Waals surface area contributed by atoms with Crippen LogP contribution < -0.4 is 0 Å². The summed E-state index contributed by atoms with van der Waals surface area (Å²) in [5.74, 6) is -0.882. The minimum Gasteiger partial charge on any atom is -0.478 e. The molecular weight excluding hydrogens is 200 g/mol. The molecule has 2 nitrogen and oxygen atoms in total. The largest absolute Gasteiger partial charge is 0.478 e. The Morgan fingerprint density at radius 1 is 1.31 bits per heavy atom. The van der Waals surface area contributed by atoms with Crippen molar-refractivity contribution in [3.05, 3.63) is 59.7 Å². The molecule has 0 aliphatic heterocycles. The lowest BCUT2D eigenvalue weighted by molar-refractivity contribution is 0.0696. The zero-order chi connectivity index (χ0) is 12.1. The molecule has 0 aliphatic carbocycles. The molecule has 0 fully saturated rings. The van der Waals surface area contributed by atoms with Crippen molar-refractivity contribution in [1.29, 1.82) is 0 Å². The number of benzene rings is 1. The van der Waals surface area contributed by atoms with Crippen molar-refractivity contribution in [2.75, 3.05) is 0 Å². The lowest BCUT2D eigenvalue weighted by atomic mass is 9.93. The second-order valence-corrected chi connectivity index (χ2v) is 3.67. The summed E-state index contributed by atoms with van der Waals surface area (Å²) in [5, 5.41) is 9.03. The molecule has 0 unspecified atom stereocenters. The van der Waals surface area contributed by atoms with Crippen molar-refractivity contribution in [2.24, 2.45) is 0 Å². The van der Waals surface area contributed by atoms with Gasteiger partial charge in [0.2, 0.25) is 0 Å². The lowest BCUT2D eigenvalue weighted by Crippen LogP contribution is -2.05. The average molecular weight is 216 g/mol. The van der Waals surface area contributed by atoms with Gasteiger partial charge in [0.1, 0.15) is 0 Å². The predicted octanol–water partition coefficient (Wildman–Crippen LogP) is 3.15. The molecule has 84 valence electrons. The first-order valence-electron chi connectivity index (χ1n) is 5.18. The Morgan fingerprint density at radius 3 is 2.44 bits per heavy atom. The van der Waals surface area contributed by atoms with E-state index in [4.69, 9.17) is 5.11 Å². The smallest absolute Gasteiger partial charge is 0.335 e. The van der Waals surface area contributed by atoms with Gasteiger partial charge in [-0.3, -0.25) is 0 Å². The summed E-state index contributed by atoms with van der Waals surface area (Å²) in [5.41, 5.74) is 3.36. The van der Waals surface area contributed by atoms with E-state index in [-0.39, 0.29) is 0 Å². The molecular formula is C14H16O2. The molecule has 0 amide bonds. The maximum Gasteiger partial charge on any atom is 0.335 e. The molecule has 16 heavy (non-hydrogen) atoms. The monoisotopic (exact) mass is 216 g/mol. The summed E-state index contributed by atoms with van der Waals surface area (Å²) in [6.07, 6.45) is 5.06. The van der Waals surface area contributed by atoms with Gasteiger partial charge < -0.3 is 5.11 Å². The van der Waals surface area contributed by atoms with Gasteiger partial charge in [0.15, 0.2) is 0 Å². The zero-order valence-electron chi connectivity index (χ0n) is 9.49. The summed E-state index contributed by atoms with van der Waals surface area (Å²) >= 11 is 0. The number of hydrogen-bond donors (Lipinski definition) is 1. The third kappa shape index (κ3) is 2.40. The molecule has 0 heterocycles. The van der Waals surface area contributed by atoms with E-state index in [1.807, 2.05) is 19.1 Å². The zero-order valence-corrected chi connectivity index (χ0v) is 9.49. The van der Waals surface area contributed by atoms with Gasteiger partial charge in [-0.2, -0.15) is 0 Å². The molecule has 2 heteroatoms. The van der Waals surface area contributed by atoms with Crippen molar-refractivity contribution >= 4 is 5.97 Å². The number of hydrogen-bond acceptors (Lipinski definition) is 1. The molecule has 1 N–H and O–H groups in total. The first-order chi connectivity index (χ1) is 7.61. The van der Waals surface area contributed by atoms with Crippen molar-refractivity contribution in [1.82, 2.24) is 0 Å². The number of carboxylic acid groups (broad SMARTS) is 1. The van der Waals surface area contributed by atoms with Crippen LogP contribution in [0.3, 0.4) is 0 Å².